The molecule has 4 aromatic rings. The predicted octanol–water partition coefficient (Wildman–Crippen LogP) is 4.61. The number of hydrogen-bond acceptors (Lipinski definition) is 4. The standard InChI is InChI=1S/C22H16ClN3O2/c1-28-20-10-9-16(13-18(20)23)26-21(11-8-15-5-4-12-24-14-15)25-19-7-3-2-6-17(19)22(26)27/h2-14H,1H3/b11-8+. The molecule has 0 spiro atoms. The number of nitrogens with zero attached hydrogens (tertiary/aromatic N) is 3. The Bertz CT molecular complexity index is 1230. The summed E-state index contributed by atoms with van der Waals surface area (Å²) in [6.45, 7) is 0. The molecule has 4 rings (SSSR count). The summed E-state index contributed by atoms with van der Waals surface area (Å²) in [5, 5.41) is 0.954. The Kier molecular flexibility index (Phi) is 4.91. The highest BCUT2D eigenvalue weighted by Gasteiger charge is 2.12. The highest BCUT2D eigenvalue weighted by molar-refractivity contribution is 6.32. The summed E-state index contributed by atoms with van der Waals surface area (Å²) >= 11 is 6.29. The van der Waals surface area contributed by atoms with Crippen LogP contribution in [0.2, 0.25) is 5.02 Å². The molecule has 0 amide bonds. The highest BCUT2D eigenvalue weighted by atomic mass is 35.5. The van der Waals surface area contributed by atoms with Crippen LogP contribution in [0.5, 0.6) is 5.75 Å². The first-order valence-corrected chi connectivity index (χ1v) is 8.99. The number of fused-ring (bicyclic) bond motifs is 1. The Morgan fingerprint density at radius 2 is 1.93 bits per heavy atom. The Morgan fingerprint density at radius 3 is 2.68 bits per heavy atom. The molecule has 28 heavy (non-hydrogen) atoms. The zero-order chi connectivity index (χ0) is 19.5. The van der Waals surface area contributed by atoms with Crippen LogP contribution in [-0.2, 0) is 0 Å². The normalized spacial score (nSPS) is 11.2. The van der Waals surface area contributed by atoms with Crippen molar-refractivity contribution >= 4 is 34.7 Å². The van der Waals surface area contributed by atoms with Crippen molar-refractivity contribution in [2.45, 2.75) is 0 Å². The molecule has 0 bridgehead atoms. The van der Waals surface area contributed by atoms with E-state index < -0.39 is 0 Å². The van der Waals surface area contributed by atoms with E-state index >= 15 is 0 Å². The Morgan fingerprint density at radius 1 is 1.07 bits per heavy atom. The van der Waals surface area contributed by atoms with Gasteiger partial charge in [0.2, 0.25) is 0 Å². The van der Waals surface area contributed by atoms with Gasteiger partial charge in [0.25, 0.3) is 5.56 Å². The maximum atomic E-state index is 13.2. The second kappa shape index (κ2) is 7.66. The predicted molar refractivity (Wildman–Crippen MR) is 112 cm³/mol. The fraction of sp³-hybridized carbons (Fsp3) is 0.0455. The lowest BCUT2D eigenvalue weighted by Crippen LogP contribution is -2.22. The molecule has 0 radical (unpaired) electrons. The first-order valence-electron chi connectivity index (χ1n) is 8.61. The van der Waals surface area contributed by atoms with Crippen LogP contribution in [0.1, 0.15) is 11.4 Å². The lowest BCUT2D eigenvalue weighted by Gasteiger charge is -2.13. The maximum Gasteiger partial charge on any atom is 0.266 e. The zero-order valence-corrected chi connectivity index (χ0v) is 15.8. The number of halogens is 1. The van der Waals surface area contributed by atoms with E-state index in [2.05, 4.69) is 9.97 Å². The van der Waals surface area contributed by atoms with Gasteiger partial charge in [-0.3, -0.25) is 14.3 Å². The Balaban J connectivity index is 1.95. The molecule has 0 N–H and O–H groups in total. The number of hydrogen-bond donors (Lipinski definition) is 0. The van der Waals surface area contributed by atoms with Crippen molar-refractivity contribution in [2.75, 3.05) is 7.11 Å². The summed E-state index contributed by atoms with van der Waals surface area (Å²) in [5.74, 6) is 1.04. The molecule has 2 heterocycles. The van der Waals surface area contributed by atoms with Gasteiger partial charge in [-0.25, -0.2) is 4.98 Å². The van der Waals surface area contributed by atoms with E-state index in [4.69, 9.17) is 16.3 Å². The minimum Gasteiger partial charge on any atom is -0.495 e. The molecule has 6 heteroatoms. The molecule has 5 nitrogen and oxygen atoms in total. The van der Waals surface area contributed by atoms with Gasteiger partial charge >= 0.3 is 0 Å². The third-order valence-electron chi connectivity index (χ3n) is 4.30. The second-order valence-electron chi connectivity index (χ2n) is 6.07. The van der Waals surface area contributed by atoms with Gasteiger partial charge in [0.05, 0.1) is 28.7 Å². The molecular weight excluding hydrogens is 374 g/mol. The number of ether oxygens (including phenoxy) is 1. The number of para-hydroxylation sites is 1. The van der Waals surface area contributed by atoms with Gasteiger partial charge in [-0.05, 0) is 54.1 Å². The van der Waals surface area contributed by atoms with Crippen LogP contribution in [0.3, 0.4) is 0 Å². The van der Waals surface area contributed by atoms with Crippen LogP contribution in [0.4, 0.5) is 0 Å². The van der Waals surface area contributed by atoms with Crippen LogP contribution >= 0.6 is 11.6 Å². The summed E-state index contributed by atoms with van der Waals surface area (Å²) in [5.41, 5.74) is 1.98. The molecule has 2 aromatic carbocycles. The van der Waals surface area contributed by atoms with Crippen molar-refractivity contribution in [3.63, 3.8) is 0 Å². The SMILES string of the molecule is COc1ccc(-n2c(/C=C/c3cccnc3)nc3ccccc3c2=O)cc1Cl. The van der Waals surface area contributed by atoms with Gasteiger partial charge in [0.1, 0.15) is 11.6 Å². The molecular formula is C22H16ClN3O2. The molecule has 2 aromatic heterocycles. The average Bonchev–Trinajstić information content (AvgIpc) is 2.73. The smallest absolute Gasteiger partial charge is 0.266 e. The molecule has 0 unspecified atom stereocenters. The summed E-state index contributed by atoms with van der Waals surface area (Å²) in [4.78, 5) is 22.0. The van der Waals surface area contributed by atoms with E-state index in [0.717, 1.165) is 5.56 Å². The van der Waals surface area contributed by atoms with Gasteiger partial charge in [0.15, 0.2) is 0 Å². The quantitative estimate of drug-likeness (QED) is 0.511. The van der Waals surface area contributed by atoms with Crippen molar-refractivity contribution in [2.24, 2.45) is 0 Å². The van der Waals surface area contributed by atoms with Crippen molar-refractivity contribution in [3.8, 4) is 11.4 Å². The number of rotatable bonds is 4. The molecule has 0 aliphatic carbocycles. The summed E-state index contributed by atoms with van der Waals surface area (Å²) < 4.78 is 6.76. The number of aromatic nitrogens is 3. The lowest BCUT2D eigenvalue weighted by molar-refractivity contribution is 0.415. The van der Waals surface area contributed by atoms with Gasteiger partial charge < -0.3 is 4.74 Å². The first-order chi connectivity index (χ1) is 13.7. The van der Waals surface area contributed by atoms with Gasteiger partial charge in [-0.2, -0.15) is 0 Å². The molecule has 0 saturated carbocycles. The van der Waals surface area contributed by atoms with Crippen LogP contribution in [0, 0.1) is 0 Å². The average molecular weight is 390 g/mol. The summed E-state index contributed by atoms with van der Waals surface area (Å²) in [6.07, 6.45) is 7.11. The topological polar surface area (TPSA) is 57.0 Å². The van der Waals surface area contributed by atoms with E-state index in [1.165, 1.54) is 0 Å². The van der Waals surface area contributed by atoms with E-state index in [1.54, 1.807) is 54.4 Å². The Labute approximate surface area is 166 Å². The highest BCUT2D eigenvalue weighted by Crippen LogP contribution is 2.27. The zero-order valence-electron chi connectivity index (χ0n) is 15.0. The number of pyridine rings is 1. The molecule has 0 aliphatic heterocycles. The Hall–Kier alpha value is -3.44. The summed E-state index contributed by atoms with van der Waals surface area (Å²) in [7, 11) is 1.55. The van der Waals surface area contributed by atoms with Crippen LogP contribution in [0.25, 0.3) is 28.7 Å². The van der Waals surface area contributed by atoms with Crippen molar-refractivity contribution in [1.29, 1.82) is 0 Å². The third-order valence-corrected chi connectivity index (χ3v) is 4.60. The van der Waals surface area contributed by atoms with E-state index in [-0.39, 0.29) is 5.56 Å². The van der Waals surface area contributed by atoms with Crippen LogP contribution in [0.15, 0.2) is 71.8 Å². The molecule has 0 aliphatic rings. The van der Waals surface area contributed by atoms with Crippen LogP contribution in [-0.4, -0.2) is 21.6 Å². The minimum atomic E-state index is -0.169. The molecule has 138 valence electrons. The fourth-order valence-corrected chi connectivity index (χ4v) is 3.20. The maximum absolute atomic E-state index is 13.2. The van der Waals surface area contributed by atoms with E-state index in [9.17, 15) is 4.79 Å². The minimum absolute atomic E-state index is 0.169. The van der Waals surface area contributed by atoms with Crippen molar-refractivity contribution in [1.82, 2.24) is 14.5 Å². The monoisotopic (exact) mass is 389 g/mol. The van der Waals surface area contributed by atoms with E-state index in [0.29, 0.717) is 33.2 Å². The van der Waals surface area contributed by atoms with Gasteiger partial charge in [-0.1, -0.05) is 29.8 Å². The van der Waals surface area contributed by atoms with Crippen LogP contribution < -0.4 is 10.3 Å². The fourth-order valence-electron chi connectivity index (χ4n) is 2.95. The summed E-state index contributed by atoms with van der Waals surface area (Å²) in [6, 6.07) is 16.3. The number of methoxy groups -OCH3 is 1. The van der Waals surface area contributed by atoms with Gasteiger partial charge in [-0.15, -0.1) is 0 Å². The van der Waals surface area contributed by atoms with E-state index in [1.807, 2.05) is 36.4 Å². The molecule has 0 atom stereocenters. The molecule has 0 saturated heterocycles. The molecule has 0 fully saturated rings. The largest absolute Gasteiger partial charge is 0.495 e. The third kappa shape index (κ3) is 3.40. The number of benzene rings is 2. The second-order valence-corrected chi connectivity index (χ2v) is 6.47. The van der Waals surface area contributed by atoms with Crippen molar-refractivity contribution in [3.05, 3.63) is 93.8 Å². The first kappa shape index (κ1) is 17.9. The van der Waals surface area contributed by atoms with Crippen molar-refractivity contribution < 1.29 is 4.74 Å². The lowest BCUT2D eigenvalue weighted by atomic mass is 10.2. The van der Waals surface area contributed by atoms with Gasteiger partial charge in [0, 0.05) is 12.4 Å².